The summed E-state index contributed by atoms with van der Waals surface area (Å²) in [5.41, 5.74) is 0.506. The van der Waals surface area contributed by atoms with Crippen molar-refractivity contribution in [2.75, 3.05) is 0 Å². The Kier molecular flexibility index (Phi) is 4.17. The van der Waals surface area contributed by atoms with E-state index >= 15 is 0 Å². The van der Waals surface area contributed by atoms with Gasteiger partial charge in [-0.05, 0) is 48.4 Å². The van der Waals surface area contributed by atoms with Crippen molar-refractivity contribution in [1.29, 1.82) is 0 Å². The molecule has 0 atom stereocenters. The quantitative estimate of drug-likeness (QED) is 0.469. The summed E-state index contributed by atoms with van der Waals surface area (Å²) in [5, 5.41) is 0. The lowest BCUT2D eigenvalue weighted by atomic mass is 10.0. The SMILES string of the molecule is O=C(CCc1cc(F)c(F)c(F)c1)c1ccc(F)cc1. The predicted molar refractivity (Wildman–Crippen MR) is 65.4 cm³/mol. The topological polar surface area (TPSA) is 17.1 Å². The number of rotatable bonds is 4. The van der Waals surface area contributed by atoms with E-state index in [0.29, 0.717) is 5.56 Å². The fourth-order valence-corrected chi connectivity index (χ4v) is 1.79. The summed E-state index contributed by atoms with van der Waals surface area (Å²) in [4.78, 5) is 11.8. The predicted octanol–water partition coefficient (Wildman–Crippen LogP) is 4.06. The minimum Gasteiger partial charge on any atom is -0.294 e. The lowest BCUT2D eigenvalue weighted by Crippen LogP contribution is -2.02. The molecule has 2 rings (SSSR count). The van der Waals surface area contributed by atoms with Gasteiger partial charge in [0.05, 0.1) is 0 Å². The standard InChI is InChI=1S/C15H10F4O/c16-11-4-2-10(3-5-11)14(20)6-1-9-7-12(17)15(19)13(18)8-9/h2-5,7-8H,1,6H2. The molecule has 5 heteroatoms. The van der Waals surface area contributed by atoms with Crippen molar-refractivity contribution < 1.29 is 22.4 Å². The summed E-state index contributed by atoms with van der Waals surface area (Å²) in [6, 6.07) is 6.70. The van der Waals surface area contributed by atoms with Crippen LogP contribution in [-0.2, 0) is 6.42 Å². The summed E-state index contributed by atoms with van der Waals surface area (Å²) < 4.78 is 51.4. The van der Waals surface area contributed by atoms with Gasteiger partial charge in [-0.25, -0.2) is 17.6 Å². The zero-order valence-electron chi connectivity index (χ0n) is 10.3. The van der Waals surface area contributed by atoms with Crippen LogP contribution >= 0.6 is 0 Å². The molecule has 1 nitrogen and oxygen atoms in total. The van der Waals surface area contributed by atoms with Gasteiger partial charge >= 0.3 is 0 Å². The second-order valence-corrected chi connectivity index (χ2v) is 4.30. The molecule has 0 aromatic heterocycles. The molecule has 2 aromatic rings. The Balaban J connectivity index is 2.05. The number of aryl methyl sites for hydroxylation is 1. The number of hydrogen-bond donors (Lipinski definition) is 0. The molecule has 0 aliphatic carbocycles. The number of carbonyl (C=O) groups excluding carboxylic acids is 1. The average molecular weight is 282 g/mol. The monoisotopic (exact) mass is 282 g/mol. The van der Waals surface area contributed by atoms with E-state index in [1.807, 2.05) is 0 Å². The van der Waals surface area contributed by atoms with Gasteiger partial charge in [0.15, 0.2) is 23.2 Å². The molecule has 0 saturated heterocycles. The smallest absolute Gasteiger partial charge is 0.194 e. The fraction of sp³-hybridized carbons (Fsp3) is 0.133. The Morgan fingerprint density at radius 2 is 1.45 bits per heavy atom. The number of hydrogen-bond acceptors (Lipinski definition) is 1. The minimum atomic E-state index is -1.53. The van der Waals surface area contributed by atoms with Crippen LogP contribution < -0.4 is 0 Å². The van der Waals surface area contributed by atoms with E-state index in [-0.39, 0.29) is 24.2 Å². The molecule has 0 spiro atoms. The first-order valence-electron chi connectivity index (χ1n) is 5.89. The highest BCUT2D eigenvalue weighted by Gasteiger charge is 2.12. The second-order valence-electron chi connectivity index (χ2n) is 4.30. The third-order valence-electron chi connectivity index (χ3n) is 2.85. The van der Waals surface area contributed by atoms with E-state index in [2.05, 4.69) is 0 Å². The van der Waals surface area contributed by atoms with E-state index in [9.17, 15) is 22.4 Å². The largest absolute Gasteiger partial charge is 0.294 e. The molecular formula is C15H10F4O. The number of Topliss-reactive ketones (excluding diaryl/α,β-unsaturated/α-hetero) is 1. The van der Waals surface area contributed by atoms with Crippen LogP contribution in [0.25, 0.3) is 0 Å². The lowest BCUT2D eigenvalue weighted by molar-refractivity contribution is 0.0982. The molecule has 0 saturated carbocycles. The highest BCUT2D eigenvalue weighted by atomic mass is 19.2. The summed E-state index contributed by atoms with van der Waals surface area (Å²) in [6.07, 6.45) is 0.0699. The molecule has 0 bridgehead atoms. The van der Waals surface area contributed by atoms with Gasteiger partial charge in [0.1, 0.15) is 5.82 Å². The van der Waals surface area contributed by atoms with Gasteiger partial charge in [0.2, 0.25) is 0 Å². The van der Waals surface area contributed by atoms with E-state index in [1.165, 1.54) is 12.1 Å². The summed E-state index contributed by atoms with van der Waals surface area (Å²) in [5.74, 6) is -4.83. The Bertz CT molecular complexity index is 612. The van der Waals surface area contributed by atoms with Crippen LogP contribution in [0.5, 0.6) is 0 Å². The summed E-state index contributed by atoms with van der Waals surface area (Å²) in [7, 11) is 0. The maximum atomic E-state index is 13.0. The molecule has 0 amide bonds. The van der Waals surface area contributed by atoms with Crippen LogP contribution in [0.4, 0.5) is 17.6 Å². The van der Waals surface area contributed by atoms with E-state index in [1.54, 1.807) is 0 Å². The van der Waals surface area contributed by atoms with Crippen LogP contribution in [0.3, 0.4) is 0 Å². The molecule has 2 aromatic carbocycles. The molecule has 0 N–H and O–H groups in total. The fourth-order valence-electron chi connectivity index (χ4n) is 1.79. The summed E-state index contributed by atoms with van der Waals surface area (Å²) in [6.45, 7) is 0. The second kappa shape index (κ2) is 5.86. The molecule has 20 heavy (non-hydrogen) atoms. The first kappa shape index (κ1) is 14.2. The molecular weight excluding hydrogens is 272 g/mol. The number of halogens is 4. The average Bonchev–Trinajstić information content (AvgIpc) is 2.42. The molecule has 0 aliphatic rings. The molecule has 0 heterocycles. The van der Waals surface area contributed by atoms with Crippen molar-refractivity contribution in [3.05, 3.63) is 70.8 Å². The van der Waals surface area contributed by atoms with Gasteiger partial charge in [0, 0.05) is 12.0 Å². The highest BCUT2D eigenvalue weighted by molar-refractivity contribution is 5.96. The number of benzene rings is 2. The van der Waals surface area contributed by atoms with Crippen LogP contribution in [0, 0.1) is 23.3 Å². The Morgan fingerprint density at radius 3 is 2.00 bits per heavy atom. The van der Waals surface area contributed by atoms with Gasteiger partial charge in [-0.1, -0.05) is 0 Å². The van der Waals surface area contributed by atoms with Crippen molar-refractivity contribution >= 4 is 5.78 Å². The van der Waals surface area contributed by atoms with Crippen molar-refractivity contribution in [3.63, 3.8) is 0 Å². The number of carbonyl (C=O) groups is 1. The zero-order chi connectivity index (χ0) is 14.7. The van der Waals surface area contributed by atoms with Gasteiger partial charge in [-0.15, -0.1) is 0 Å². The first-order valence-corrected chi connectivity index (χ1v) is 5.89. The molecule has 0 unspecified atom stereocenters. The van der Waals surface area contributed by atoms with E-state index < -0.39 is 23.3 Å². The molecule has 104 valence electrons. The molecule has 0 fully saturated rings. The van der Waals surface area contributed by atoms with Crippen LogP contribution in [0.2, 0.25) is 0 Å². The first-order chi connectivity index (χ1) is 9.47. The van der Waals surface area contributed by atoms with Gasteiger partial charge in [-0.2, -0.15) is 0 Å². The van der Waals surface area contributed by atoms with Crippen LogP contribution in [0.1, 0.15) is 22.3 Å². The van der Waals surface area contributed by atoms with Crippen LogP contribution in [0.15, 0.2) is 36.4 Å². The zero-order valence-corrected chi connectivity index (χ0v) is 10.3. The van der Waals surface area contributed by atoms with Crippen molar-refractivity contribution in [2.45, 2.75) is 12.8 Å². The van der Waals surface area contributed by atoms with E-state index in [4.69, 9.17) is 0 Å². The summed E-state index contributed by atoms with van der Waals surface area (Å²) >= 11 is 0. The van der Waals surface area contributed by atoms with Gasteiger partial charge < -0.3 is 0 Å². The Hall–Kier alpha value is -2.17. The Labute approximate surface area is 112 Å². The minimum absolute atomic E-state index is 0.00382. The van der Waals surface area contributed by atoms with Crippen LogP contribution in [-0.4, -0.2) is 5.78 Å². The normalized spacial score (nSPS) is 10.6. The van der Waals surface area contributed by atoms with Crippen molar-refractivity contribution in [3.8, 4) is 0 Å². The maximum absolute atomic E-state index is 13.0. The molecule has 0 aliphatic heterocycles. The number of ketones is 1. The molecule has 0 radical (unpaired) electrons. The third kappa shape index (κ3) is 3.23. The van der Waals surface area contributed by atoms with E-state index in [0.717, 1.165) is 24.3 Å². The maximum Gasteiger partial charge on any atom is 0.194 e. The highest BCUT2D eigenvalue weighted by Crippen LogP contribution is 2.16. The van der Waals surface area contributed by atoms with Crippen molar-refractivity contribution in [2.24, 2.45) is 0 Å². The third-order valence-corrected chi connectivity index (χ3v) is 2.85. The van der Waals surface area contributed by atoms with Gasteiger partial charge in [-0.3, -0.25) is 4.79 Å². The lowest BCUT2D eigenvalue weighted by Gasteiger charge is -2.04. The van der Waals surface area contributed by atoms with Crippen molar-refractivity contribution in [1.82, 2.24) is 0 Å². The van der Waals surface area contributed by atoms with Gasteiger partial charge in [0.25, 0.3) is 0 Å². The Morgan fingerprint density at radius 1 is 0.900 bits per heavy atom.